The van der Waals surface area contributed by atoms with E-state index in [1.165, 1.54) is 12.3 Å². The number of nitrogens with zero attached hydrogens (tertiary/aromatic N) is 3. The number of rotatable bonds is 3. The SMILES string of the molecule is O=C1CC(S(=O)(=O)Cl)CN1c1ccnc(Cl)c1[N+](=O)[O-]. The Morgan fingerprint density at radius 3 is 2.65 bits per heavy atom. The molecule has 0 saturated carbocycles. The van der Waals surface area contributed by atoms with E-state index in [4.69, 9.17) is 22.3 Å². The highest BCUT2D eigenvalue weighted by atomic mass is 35.7. The molecular weight excluding hydrogens is 333 g/mol. The summed E-state index contributed by atoms with van der Waals surface area (Å²) < 4.78 is 22.5. The summed E-state index contributed by atoms with van der Waals surface area (Å²) in [4.78, 5) is 26.6. The van der Waals surface area contributed by atoms with Crippen molar-refractivity contribution in [2.24, 2.45) is 0 Å². The van der Waals surface area contributed by atoms with E-state index in [-0.39, 0.29) is 23.8 Å². The van der Waals surface area contributed by atoms with Crippen LogP contribution in [0.3, 0.4) is 0 Å². The van der Waals surface area contributed by atoms with Gasteiger partial charge in [-0.3, -0.25) is 14.9 Å². The molecule has 0 aliphatic carbocycles. The Bertz CT molecular complexity index is 693. The first-order chi connectivity index (χ1) is 9.21. The van der Waals surface area contributed by atoms with Crippen molar-refractivity contribution in [3.8, 4) is 0 Å². The molecule has 2 rings (SSSR count). The van der Waals surface area contributed by atoms with Gasteiger partial charge in [0.25, 0.3) is 0 Å². The first-order valence-corrected chi connectivity index (χ1v) is 7.99. The molecule has 0 bridgehead atoms. The van der Waals surface area contributed by atoms with Crippen molar-refractivity contribution in [3.63, 3.8) is 0 Å². The first-order valence-electron chi connectivity index (χ1n) is 5.24. The molecular formula is C9H7Cl2N3O5S. The van der Waals surface area contributed by atoms with Crippen molar-refractivity contribution in [2.75, 3.05) is 11.4 Å². The van der Waals surface area contributed by atoms with E-state index in [1.807, 2.05) is 0 Å². The summed E-state index contributed by atoms with van der Waals surface area (Å²) in [6, 6.07) is 1.23. The van der Waals surface area contributed by atoms with Crippen LogP contribution in [-0.4, -0.2) is 36.0 Å². The van der Waals surface area contributed by atoms with Gasteiger partial charge in [-0.1, -0.05) is 11.6 Å². The Balaban J connectivity index is 2.46. The predicted molar refractivity (Wildman–Crippen MR) is 71.4 cm³/mol. The lowest BCUT2D eigenvalue weighted by atomic mass is 10.3. The van der Waals surface area contributed by atoms with Gasteiger partial charge in [-0.15, -0.1) is 0 Å². The third kappa shape index (κ3) is 2.69. The minimum atomic E-state index is -3.93. The van der Waals surface area contributed by atoms with Gasteiger partial charge in [0.15, 0.2) is 0 Å². The standard InChI is InChI=1S/C9H7Cl2N3O5S/c10-9-8(14(16)17)6(1-2-12-9)13-4-5(3-7(13)15)20(11,18)19/h1-2,5H,3-4H2. The molecule has 20 heavy (non-hydrogen) atoms. The van der Waals surface area contributed by atoms with Crippen LogP contribution < -0.4 is 4.90 Å². The summed E-state index contributed by atoms with van der Waals surface area (Å²) in [6.07, 6.45) is 0.864. The molecule has 2 heterocycles. The Kier molecular flexibility index (Phi) is 3.85. The van der Waals surface area contributed by atoms with E-state index in [1.54, 1.807) is 0 Å². The highest BCUT2D eigenvalue weighted by Gasteiger charge is 2.40. The number of nitro groups is 1. The summed E-state index contributed by atoms with van der Waals surface area (Å²) in [7, 11) is 1.28. The van der Waals surface area contributed by atoms with Crippen molar-refractivity contribution in [1.82, 2.24) is 4.98 Å². The van der Waals surface area contributed by atoms with Gasteiger partial charge < -0.3 is 4.90 Å². The highest BCUT2D eigenvalue weighted by molar-refractivity contribution is 8.14. The quantitative estimate of drug-likeness (QED) is 0.355. The molecule has 108 valence electrons. The summed E-state index contributed by atoms with van der Waals surface area (Å²) in [6.45, 7) is -0.258. The minimum Gasteiger partial charge on any atom is -0.305 e. The molecule has 0 aromatic carbocycles. The number of carbonyl (C=O) groups is 1. The van der Waals surface area contributed by atoms with Gasteiger partial charge in [-0.05, 0) is 6.07 Å². The predicted octanol–water partition coefficient (Wildman–Crippen LogP) is 1.32. The highest BCUT2D eigenvalue weighted by Crippen LogP contribution is 2.36. The largest absolute Gasteiger partial charge is 0.329 e. The summed E-state index contributed by atoms with van der Waals surface area (Å²) in [5.74, 6) is -0.579. The van der Waals surface area contributed by atoms with Crippen molar-refractivity contribution < 1.29 is 18.1 Å². The maximum absolute atomic E-state index is 11.8. The number of hydrogen-bond donors (Lipinski definition) is 0. The third-order valence-corrected chi connectivity index (χ3v) is 4.96. The number of amides is 1. The van der Waals surface area contributed by atoms with Crippen LogP contribution >= 0.6 is 22.3 Å². The molecule has 1 atom stereocenters. The zero-order chi connectivity index (χ0) is 15.1. The van der Waals surface area contributed by atoms with Crippen molar-refractivity contribution in [3.05, 3.63) is 27.5 Å². The van der Waals surface area contributed by atoms with E-state index in [9.17, 15) is 23.3 Å². The van der Waals surface area contributed by atoms with E-state index in [0.717, 1.165) is 4.90 Å². The fourth-order valence-electron chi connectivity index (χ4n) is 1.90. The average molecular weight is 340 g/mol. The molecule has 1 saturated heterocycles. The molecule has 1 aliphatic heterocycles. The topological polar surface area (TPSA) is 110 Å². The van der Waals surface area contributed by atoms with Crippen molar-refractivity contribution in [2.45, 2.75) is 11.7 Å². The molecule has 1 aromatic rings. The average Bonchev–Trinajstić information content (AvgIpc) is 2.70. The van der Waals surface area contributed by atoms with Crippen LogP contribution in [0, 0.1) is 10.1 Å². The monoisotopic (exact) mass is 339 g/mol. The van der Waals surface area contributed by atoms with E-state index < -0.39 is 30.8 Å². The van der Waals surface area contributed by atoms with Gasteiger partial charge in [0, 0.05) is 29.8 Å². The maximum Gasteiger partial charge on any atom is 0.329 e. The number of carbonyl (C=O) groups excluding carboxylic acids is 1. The molecule has 1 amide bonds. The van der Waals surface area contributed by atoms with Crippen LogP contribution in [0.25, 0.3) is 0 Å². The molecule has 8 nitrogen and oxygen atoms in total. The van der Waals surface area contributed by atoms with Gasteiger partial charge in [0.1, 0.15) is 10.9 Å². The van der Waals surface area contributed by atoms with E-state index >= 15 is 0 Å². The van der Waals surface area contributed by atoms with Gasteiger partial charge in [-0.25, -0.2) is 13.4 Å². The lowest BCUT2D eigenvalue weighted by molar-refractivity contribution is -0.384. The molecule has 1 unspecified atom stereocenters. The zero-order valence-corrected chi connectivity index (χ0v) is 12.0. The Morgan fingerprint density at radius 2 is 2.15 bits per heavy atom. The fraction of sp³-hybridized carbons (Fsp3) is 0.333. The zero-order valence-electron chi connectivity index (χ0n) is 9.69. The molecule has 1 aliphatic rings. The van der Waals surface area contributed by atoms with Crippen LogP contribution in [0.1, 0.15) is 6.42 Å². The Hall–Kier alpha value is -1.45. The molecule has 0 radical (unpaired) electrons. The molecule has 11 heteroatoms. The lowest BCUT2D eigenvalue weighted by Crippen LogP contribution is -2.27. The number of hydrogen-bond acceptors (Lipinski definition) is 6. The minimum absolute atomic E-state index is 0.0946. The lowest BCUT2D eigenvalue weighted by Gasteiger charge is -2.16. The smallest absolute Gasteiger partial charge is 0.305 e. The number of pyridine rings is 1. The second kappa shape index (κ2) is 5.15. The molecule has 1 aromatic heterocycles. The number of anilines is 1. The summed E-state index contributed by atoms with van der Waals surface area (Å²) in [5, 5.41) is 9.50. The maximum atomic E-state index is 11.8. The summed E-state index contributed by atoms with van der Waals surface area (Å²) >= 11 is 5.64. The molecule has 0 N–H and O–H groups in total. The third-order valence-electron chi connectivity index (χ3n) is 2.82. The van der Waals surface area contributed by atoms with Gasteiger partial charge >= 0.3 is 5.69 Å². The van der Waals surface area contributed by atoms with Crippen LogP contribution in [-0.2, 0) is 13.8 Å². The van der Waals surface area contributed by atoms with Gasteiger partial charge in [0.2, 0.25) is 20.1 Å². The van der Waals surface area contributed by atoms with Gasteiger partial charge in [-0.2, -0.15) is 0 Å². The van der Waals surface area contributed by atoms with Crippen LogP contribution in [0.4, 0.5) is 11.4 Å². The Labute approximate surface area is 122 Å². The van der Waals surface area contributed by atoms with Crippen molar-refractivity contribution >= 4 is 48.6 Å². The van der Waals surface area contributed by atoms with E-state index in [2.05, 4.69) is 4.98 Å². The van der Waals surface area contributed by atoms with Crippen LogP contribution in [0.5, 0.6) is 0 Å². The second-order valence-corrected chi connectivity index (χ2v) is 7.30. The number of halogens is 2. The Morgan fingerprint density at radius 1 is 1.50 bits per heavy atom. The van der Waals surface area contributed by atoms with Gasteiger partial charge in [0.05, 0.1) is 4.92 Å². The molecule has 0 spiro atoms. The fourth-order valence-corrected chi connectivity index (χ4v) is 3.15. The van der Waals surface area contributed by atoms with E-state index in [0.29, 0.717) is 0 Å². The summed E-state index contributed by atoms with van der Waals surface area (Å²) in [5.41, 5.74) is -0.641. The second-order valence-electron chi connectivity index (χ2n) is 4.03. The number of aromatic nitrogens is 1. The van der Waals surface area contributed by atoms with Crippen LogP contribution in [0.15, 0.2) is 12.3 Å². The van der Waals surface area contributed by atoms with Crippen LogP contribution in [0.2, 0.25) is 5.15 Å². The first kappa shape index (κ1) is 14.9. The molecule has 1 fully saturated rings. The normalized spacial score (nSPS) is 19.4. The van der Waals surface area contributed by atoms with Crippen molar-refractivity contribution in [1.29, 1.82) is 0 Å².